The van der Waals surface area contributed by atoms with Crippen LogP contribution in [-0.2, 0) is 14.8 Å². The molecule has 2 aromatic rings. The molecule has 0 unspecified atom stereocenters. The van der Waals surface area contributed by atoms with Crippen molar-refractivity contribution in [1.29, 1.82) is 0 Å². The standard InChI is InChI=1S/C16H15Cl2N3O5S/c1-10-3-4-13(21(23)24)8-15(10)19-16(22)9-20(27(2,25)26)14-6-11(17)5-12(18)7-14/h3-8H,9H2,1-2H3,(H,19,22). The van der Waals surface area contributed by atoms with Crippen molar-refractivity contribution in [2.75, 3.05) is 22.4 Å². The van der Waals surface area contributed by atoms with E-state index in [-0.39, 0.29) is 27.1 Å². The van der Waals surface area contributed by atoms with Gasteiger partial charge in [-0.3, -0.25) is 19.2 Å². The second kappa shape index (κ2) is 8.12. The molecule has 0 saturated heterocycles. The van der Waals surface area contributed by atoms with Gasteiger partial charge in [0.2, 0.25) is 15.9 Å². The fourth-order valence-electron chi connectivity index (χ4n) is 2.26. The van der Waals surface area contributed by atoms with Gasteiger partial charge < -0.3 is 5.32 Å². The van der Waals surface area contributed by atoms with Crippen LogP contribution in [0.5, 0.6) is 0 Å². The fourth-order valence-corrected chi connectivity index (χ4v) is 3.62. The Kier molecular flexibility index (Phi) is 6.30. The van der Waals surface area contributed by atoms with Crippen molar-refractivity contribution in [1.82, 2.24) is 0 Å². The van der Waals surface area contributed by atoms with Crippen LogP contribution in [0.2, 0.25) is 10.0 Å². The van der Waals surface area contributed by atoms with Gasteiger partial charge in [-0.1, -0.05) is 29.3 Å². The molecule has 144 valence electrons. The highest BCUT2D eigenvalue weighted by molar-refractivity contribution is 7.92. The van der Waals surface area contributed by atoms with E-state index in [1.54, 1.807) is 6.92 Å². The third kappa shape index (κ3) is 5.56. The summed E-state index contributed by atoms with van der Waals surface area (Å²) in [6.45, 7) is 1.10. The molecule has 0 saturated carbocycles. The zero-order chi connectivity index (χ0) is 20.4. The molecule has 0 fully saturated rings. The highest BCUT2D eigenvalue weighted by Gasteiger charge is 2.22. The first-order valence-electron chi connectivity index (χ1n) is 7.46. The molecule has 2 rings (SSSR count). The van der Waals surface area contributed by atoms with Crippen LogP contribution in [0.1, 0.15) is 5.56 Å². The number of non-ortho nitro benzene ring substituents is 1. The van der Waals surface area contributed by atoms with Crippen LogP contribution in [0.25, 0.3) is 0 Å². The lowest BCUT2D eigenvalue weighted by atomic mass is 10.2. The van der Waals surface area contributed by atoms with Gasteiger partial charge in [0, 0.05) is 22.2 Å². The highest BCUT2D eigenvalue weighted by Crippen LogP contribution is 2.27. The van der Waals surface area contributed by atoms with E-state index in [4.69, 9.17) is 23.2 Å². The predicted octanol–water partition coefficient (Wildman–Crippen LogP) is 3.61. The van der Waals surface area contributed by atoms with Crippen LogP contribution >= 0.6 is 23.2 Å². The van der Waals surface area contributed by atoms with Crippen molar-refractivity contribution in [2.24, 2.45) is 0 Å². The quantitative estimate of drug-likeness (QED) is 0.554. The van der Waals surface area contributed by atoms with Gasteiger partial charge in [0.05, 0.1) is 22.6 Å². The van der Waals surface area contributed by atoms with E-state index in [9.17, 15) is 23.3 Å². The number of hydrogen-bond acceptors (Lipinski definition) is 5. The number of benzene rings is 2. The molecule has 0 radical (unpaired) electrons. The number of nitrogens with zero attached hydrogens (tertiary/aromatic N) is 2. The highest BCUT2D eigenvalue weighted by atomic mass is 35.5. The number of hydrogen-bond donors (Lipinski definition) is 1. The largest absolute Gasteiger partial charge is 0.324 e. The lowest BCUT2D eigenvalue weighted by molar-refractivity contribution is -0.384. The number of nitro groups is 1. The van der Waals surface area contributed by atoms with E-state index in [0.29, 0.717) is 5.56 Å². The number of carbonyl (C=O) groups excluding carboxylic acids is 1. The number of halogens is 2. The first-order chi connectivity index (χ1) is 12.5. The zero-order valence-corrected chi connectivity index (χ0v) is 16.6. The average Bonchev–Trinajstić information content (AvgIpc) is 2.52. The maximum atomic E-state index is 12.4. The van der Waals surface area contributed by atoms with Gasteiger partial charge in [0.25, 0.3) is 5.69 Å². The third-order valence-corrected chi connectivity index (χ3v) is 5.11. The third-order valence-electron chi connectivity index (χ3n) is 3.53. The number of sulfonamides is 1. The van der Waals surface area contributed by atoms with E-state index in [2.05, 4.69) is 5.32 Å². The summed E-state index contributed by atoms with van der Waals surface area (Å²) in [6, 6.07) is 8.15. The second-order valence-corrected chi connectivity index (χ2v) is 8.48. The predicted molar refractivity (Wildman–Crippen MR) is 105 cm³/mol. The van der Waals surface area contributed by atoms with E-state index >= 15 is 0 Å². The number of nitrogens with one attached hydrogen (secondary N) is 1. The lowest BCUT2D eigenvalue weighted by Crippen LogP contribution is -2.37. The topological polar surface area (TPSA) is 110 Å². The minimum Gasteiger partial charge on any atom is -0.324 e. The molecule has 0 spiro atoms. The Morgan fingerprint density at radius 3 is 2.30 bits per heavy atom. The van der Waals surface area contributed by atoms with Crippen LogP contribution in [0.3, 0.4) is 0 Å². The number of aryl methyl sites for hydroxylation is 1. The van der Waals surface area contributed by atoms with Crippen molar-refractivity contribution in [3.8, 4) is 0 Å². The van der Waals surface area contributed by atoms with Gasteiger partial charge >= 0.3 is 0 Å². The SMILES string of the molecule is Cc1ccc([N+](=O)[O-])cc1NC(=O)CN(c1cc(Cl)cc(Cl)c1)S(C)(=O)=O. The van der Waals surface area contributed by atoms with Crippen molar-refractivity contribution in [2.45, 2.75) is 6.92 Å². The number of carbonyl (C=O) groups is 1. The van der Waals surface area contributed by atoms with Gasteiger partial charge in [-0.2, -0.15) is 0 Å². The average molecular weight is 432 g/mol. The van der Waals surface area contributed by atoms with Crippen LogP contribution in [-0.4, -0.2) is 32.0 Å². The molecule has 0 aliphatic rings. The number of amides is 1. The van der Waals surface area contributed by atoms with E-state index in [0.717, 1.165) is 10.6 Å². The Bertz CT molecular complexity index is 991. The molecule has 0 heterocycles. The first kappa shape index (κ1) is 20.9. The summed E-state index contributed by atoms with van der Waals surface area (Å²) >= 11 is 11.8. The van der Waals surface area contributed by atoms with Crippen molar-refractivity contribution < 1.29 is 18.1 Å². The Balaban J connectivity index is 2.30. The van der Waals surface area contributed by atoms with Crippen molar-refractivity contribution in [3.63, 3.8) is 0 Å². The molecule has 0 aliphatic carbocycles. The molecular formula is C16H15Cl2N3O5S. The number of nitro benzene ring substituents is 1. The molecule has 27 heavy (non-hydrogen) atoms. The molecule has 0 aliphatic heterocycles. The fraction of sp³-hybridized carbons (Fsp3) is 0.188. The molecule has 0 bridgehead atoms. The van der Waals surface area contributed by atoms with E-state index in [1.165, 1.54) is 36.4 Å². The monoisotopic (exact) mass is 431 g/mol. The molecule has 1 N–H and O–H groups in total. The van der Waals surface area contributed by atoms with E-state index in [1.807, 2.05) is 0 Å². The van der Waals surface area contributed by atoms with Gasteiger partial charge in [-0.15, -0.1) is 0 Å². The summed E-state index contributed by atoms with van der Waals surface area (Å²) in [5.41, 5.74) is 0.732. The first-order valence-corrected chi connectivity index (χ1v) is 10.1. The Hall–Kier alpha value is -2.36. The van der Waals surface area contributed by atoms with Gasteiger partial charge in [0.1, 0.15) is 6.54 Å². The van der Waals surface area contributed by atoms with Crippen LogP contribution < -0.4 is 9.62 Å². The summed E-state index contributed by atoms with van der Waals surface area (Å²) in [6.07, 6.45) is 0.938. The lowest BCUT2D eigenvalue weighted by Gasteiger charge is -2.22. The number of rotatable bonds is 6. The molecular weight excluding hydrogens is 417 g/mol. The maximum absolute atomic E-state index is 12.4. The zero-order valence-electron chi connectivity index (χ0n) is 14.3. The van der Waals surface area contributed by atoms with Crippen LogP contribution in [0.15, 0.2) is 36.4 Å². The summed E-state index contributed by atoms with van der Waals surface area (Å²) in [4.78, 5) is 22.7. The molecule has 2 aromatic carbocycles. The molecule has 8 nitrogen and oxygen atoms in total. The summed E-state index contributed by atoms with van der Waals surface area (Å²) in [5, 5.41) is 13.8. The summed E-state index contributed by atoms with van der Waals surface area (Å²) in [7, 11) is -3.82. The normalized spacial score (nSPS) is 11.1. The van der Waals surface area contributed by atoms with Gasteiger partial charge in [0.15, 0.2) is 0 Å². The van der Waals surface area contributed by atoms with Gasteiger partial charge in [-0.05, 0) is 30.7 Å². The minimum atomic E-state index is -3.82. The maximum Gasteiger partial charge on any atom is 0.271 e. The summed E-state index contributed by atoms with van der Waals surface area (Å²) in [5.74, 6) is -0.680. The van der Waals surface area contributed by atoms with Gasteiger partial charge in [-0.25, -0.2) is 8.42 Å². The Labute approximate surface area is 165 Å². The smallest absolute Gasteiger partial charge is 0.271 e. The Morgan fingerprint density at radius 2 is 1.78 bits per heavy atom. The molecule has 0 atom stereocenters. The van der Waals surface area contributed by atoms with Crippen LogP contribution in [0, 0.1) is 17.0 Å². The van der Waals surface area contributed by atoms with Crippen molar-refractivity contribution in [3.05, 3.63) is 62.1 Å². The second-order valence-electron chi connectivity index (χ2n) is 5.70. The van der Waals surface area contributed by atoms with Crippen molar-refractivity contribution >= 4 is 56.2 Å². The van der Waals surface area contributed by atoms with Crippen LogP contribution in [0.4, 0.5) is 17.1 Å². The summed E-state index contributed by atoms with van der Waals surface area (Å²) < 4.78 is 25.1. The molecule has 0 aromatic heterocycles. The molecule has 11 heteroatoms. The molecule has 1 amide bonds. The Morgan fingerprint density at radius 1 is 1.19 bits per heavy atom. The minimum absolute atomic E-state index is 0.126. The number of anilines is 2. The van der Waals surface area contributed by atoms with E-state index < -0.39 is 27.4 Å².